The molecule has 3 rings (SSSR count). The minimum absolute atomic E-state index is 0.503. The van der Waals surface area contributed by atoms with Crippen molar-refractivity contribution < 1.29 is 4.52 Å². The average molecular weight is 249 g/mol. The normalized spacial score (nSPS) is 32.0. The third-order valence-electron chi connectivity index (χ3n) is 4.84. The Labute approximate surface area is 109 Å². The van der Waals surface area contributed by atoms with Gasteiger partial charge in [0, 0.05) is 18.4 Å². The molecule has 4 heteroatoms. The fourth-order valence-electron chi connectivity index (χ4n) is 3.57. The number of nitrogens with one attached hydrogen (secondary N) is 1. The number of aryl methyl sites for hydroxylation is 1. The predicted octanol–water partition coefficient (Wildman–Crippen LogP) is 2.51. The van der Waals surface area contributed by atoms with Gasteiger partial charge in [0.2, 0.25) is 5.89 Å². The molecular weight excluding hydrogens is 226 g/mol. The fraction of sp³-hybridized carbons (Fsp3) is 0.857. The molecule has 0 aliphatic heterocycles. The molecule has 1 aromatic heterocycles. The summed E-state index contributed by atoms with van der Waals surface area (Å²) >= 11 is 0. The predicted molar refractivity (Wildman–Crippen MR) is 69.3 cm³/mol. The van der Waals surface area contributed by atoms with E-state index in [1.165, 1.54) is 25.7 Å². The van der Waals surface area contributed by atoms with Gasteiger partial charge in [0.15, 0.2) is 5.82 Å². The standard InChI is InChI=1S/C14H23N3O/c1-9(15-2)3-6-13-16-14(17-18-13)12-8-10-4-5-11(12)7-10/h9-12,15H,3-8H2,1-2H3. The Morgan fingerprint density at radius 3 is 2.94 bits per heavy atom. The molecule has 2 bridgehead atoms. The maximum atomic E-state index is 5.39. The van der Waals surface area contributed by atoms with Crippen molar-refractivity contribution in [1.82, 2.24) is 15.5 Å². The molecule has 0 amide bonds. The van der Waals surface area contributed by atoms with E-state index in [-0.39, 0.29) is 0 Å². The van der Waals surface area contributed by atoms with Crippen molar-refractivity contribution >= 4 is 0 Å². The third kappa shape index (κ3) is 2.30. The van der Waals surface area contributed by atoms with E-state index in [4.69, 9.17) is 4.52 Å². The van der Waals surface area contributed by atoms with E-state index in [0.717, 1.165) is 36.4 Å². The highest BCUT2D eigenvalue weighted by Gasteiger charge is 2.42. The molecule has 0 spiro atoms. The Morgan fingerprint density at radius 2 is 2.28 bits per heavy atom. The summed E-state index contributed by atoms with van der Waals surface area (Å²) in [5.41, 5.74) is 0. The van der Waals surface area contributed by atoms with Crippen LogP contribution >= 0.6 is 0 Å². The molecule has 2 aliphatic carbocycles. The van der Waals surface area contributed by atoms with E-state index in [9.17, 15) is 0 Å². The van der Waals surface area contributed by atoms with Gasteiger partial charge in [-0.25, -0.2) is 0 Å². The van der Waals surface area contributed by atoms with Crippen LogP contribution in [0.2, 0.25) is 0 Å². The van der Waals surface area contributed by atoms with Crippen LogP contribution in [-0.2, 0) is 6.42 Å². The third-order valence-corrected chi connectivity index (χ3v) is 4.84. The molecule has 2 aliphatic rings. The van der Waals surface area contributed by atoms with Crippen LogP contribution in [0, 0.1) is 11.8 Å². The molecule has 0 aromatic carbocycles. The van der Waals surface area contributed by atoms with Gasteiger partial charge in [0.1, 0.15) is 0 Å². The van der Waals surface area contributed by atoms with Crippen LogP contribution in [0.5, 0.6) is 0 Å². The number of hydrogen-bond acceptors (Lipinski definition) is 4. The van der Waals surface area contributed by atoms with Gasteiger partial charge in [0.05, 0.1) is 0 Å². The fourth-order valence-corrected chi connectivity index (χ4v) is 3.57. The maximum absolute atomic E-state index is 5.39. The van der Waals surface area contributed by atoms with Crippen LogP contribution in [0.4, 0.5) is 0 Å². The number of aromatic nitrogens is 2. The summed E-state index contributed by atoms with van der Waals surface area (Å²) in [7, 11) is 1.99. The van der Waals surface area contributed by atoms with Crippen LogP contribution in [0.3, 0.4) is 0 Å². The second kappa shape index (κ2) is 5.00. The Kier molecular flexibility index (Phi) is 3.37. The van der Waals surface area contributed by atoms with Crippen LogP contribution in [0.1, 0.15) is 56.7 Å². The lowest BCUT2D eigenvalue weighted by atomic mass is 9.88. The Balaban J connectivity index is 1.60. The first-order valence-corrected chi connectivity index (χ1v) is 7.26. The second-order valence-electron chi connectivity index (χ2n) is 6.06. The average Bonchev–Trinajstić information content (AvgIpc) is 3.10. The lowest BCUT2D eigenvalue weighted by Crippen LogP contribution is -2.21. The molecule has 1 aromatic rings. The molecule has 4 nitrogen and oxygen atoms in total. The number of fused-ring (bicyclic) bond motifs is 2. The van der Waals surface area contributed by atoms with Gasteiger partial charge in [-0.1, -0.05) is 11.6 Å². The monoisotopic (exact) mass is 249 g/mol. The molecule has 0 saturated heterocycles. The van der Waals surface area contributed by atoms with Gasteiger partial charge in [-0.05, 0) is 51.5 Å². The van der Waals surface area contributed by atoms with Crippen molar-refractivity contribution in [3.8, 4) is 0 Å². The summed E-state index contributed by atoms with van der Waals surface area (Å²) in [6.07, 6.45) is 7.41. The largest absolute Gasteiger partial charge is 0.339 e. The van der Waals surface area contributed by atoms with E-state index < -0.39 is 0 Å². The van der Waals surface area contributed by atoms with Crippen LogP contribution < -0.4 is 5.32 Å². The molecule has 18 heavy (non-hydrogen) atoms. The van der Waals surface area contributed by atoms with E-state index in [2.05, 4.69) is 22.4 Å². The van der Waals surface area contributed by atoms with Crippen molar-refractivity contribution in [2.45, 2.75) is 57.4 Å². The van der Waals surface area contributed by atoms with Crippen molar-refractivity contribution in [2.24, 2.45) is 11.8 Å². The topological polar surface area (TPSA) is 51.0 Å². The zero-order valence-electron chi connectivity index (χ0n) is 11.4. The summed E-state index contributed by atoms with van der Waals surface area (Å²) in [5.74, 6) is 4.15. The lowest BCUT2D eigenvalue weighted by molar-refractivity contribution is 0.347. The second-order valence-corrected chi connectivity index (χ2v) is 6.06. The summed E-state index contributed by atoms with van der Waals surface area (Å²) in [4.78, 5) is 4.61. The summed E-state index contributed by atoms with van der Waals surface area (Å²) in [6, 6.07) is 0.503. The first-order valence-electron chi connectivity index (χ1n) is 7.26. The van der Waals surface area contributed by atoms with Crippen molar-refractivity contribution in [3.05, 3.63) is 11.7 Å². The number of hydrogen-bond donors (Lipinski definition) is 1. The number of nitrogens with zero attached hydrogens (tertiary/aromatic N) is 2. The first-order chi connectivity index (χ1) is 8.76. The summed E-state index contributed by atoms with van der Waals surface area (Å²) in [6.45, 7) is 2.17. The molecular formula is C14H23N3O. The van der Waals surface area contributed by atoms with Crippen molar-refractivity contribution in [2.75, 3.05) is 7.05 Å². The van der Waals surface area contributed by atoms with Gasteiger partial charge < -0.3 is 9.84 Å². The summed E-state index contributed by atoms with van der Waals surface area (Å²) < 4.78 is 5.39. The molecule has 100 valence electrons. The van der Waals surface area contributed by atoms with Gasteiger partial charge in [-0.3, -0.25) is 0 Å². The molecule has 4 unspecified atom stereocenters. The molecule has 2 saturated carbocycles. The molecule has 0 radical (unpaired) electrons. The molecule has 1 heterocycles. The van der Waals surface area contributed by atoms with Crippen LogP contribution in [0.25, 0.3) is 0 Å². The zero-order chi connectivity index (χ0) is 12.5. The van der Waals surface area contributed by atoms with Gasteiger partial charge in [-0.2, -0.15) is 4.98 Å². The first kappa shape index (κ1) is 12.2. The SMILES string of the molecule is CNC(C)CCc1nc(C2CC3CCC2C3)no1. The zero-order valence-corrected chi connectivity index (χ0v) is 11.4. The summed E-state index contributed by atoms with van der Waals surface area (Å²) in [5, 5.41) is 7.44. The minimum Gasteiger partial charge on any atom is -0.339 e. The van der Waals surface area contributed by atoms with E-state index in [1.807, 2.05) is 7.05 Å². The van der Waals surface area contributed by atoms with Crippen LogP contribution in [-0.4, -0.2) is 23.2 Å². The van der Waals surface area contributed by atoms with Crippen molar-refractivity contribution in [1.29, 1.82) is 0 Å². The van der Waals surface area contributed by atoms with Crippen LogP contribution in [0.15, 0.2) is 4.52 Å². The molecule has 1 N–H and O–H groups in total. The highest BCUT2D eigenvalue weighted by atomic mass is 16.5. The highest BCUT2D eigenvalue weighted by molar-refractivity contribution is 5.06. The van der Waals surface area contributed by atoms with Gasteiger partial charge in [-0.15, -0.1) is 0 Å². The van der Waals surface area contributed by atoms with Gasteiger partial charge >= 0.3 is 0 Å². The quantitative estimate of drug-likeness (QED) is 0.871. The lowest BCUT2D eigenvalue weighted by Gasteiger charge is -2.17. The Hall–Kier alpha value is -0.900. The van der Waals surface area contributed by atoms with Crippen molar-refractivity contribution in [3.63, 3.8) is 0 Å². The Morgan fingerprint density at radius 1 is 1.39 bits per heavy atom. The maximum Gasteiger partial charge on any atom is 0.226 e. The molecule has 2 fully saturated rings. The Bertz CT molecular complexity index is 403. The smallest absolute Gasteiger partial charge is 0.226 e. The van der Waals surface area contributed by atoms with E-state index >= 15 is 0 Å². The minimum atomic E-state index is 0.503. The highest BCUT2D eigenvalue weighted by Crippen LogP contribution is 2.52. The van der Waals surface area contributed by atoms with E-state index in [1.54, 1.807) is 0 Å². The van der Waals surface area contributed by atoms with Gasteiger partial charge in [0.25, 0.3) is 0 Å². The van der Waals surface area contributed by atoms with E-state index in [0.29, 0.717) is 12.0 Å². The number of rotatable bonds is 5. The molecule has 4 atom stereocenters.